The van der Waals surface area contributed by atoms with E-state index in [9.17, 15) is 5.11 Å². The number of hydrogen-bond acceptors (Lipinski definition) is 3. The Morgan fingerprint density at radius 1 is 1.50 bits per heavy atom. The maximum Gasteiger partial charge on any atom is 0.0667 e. The molecule has 3 nitrogen and oxygen atoms in total. The minimum Gasteiger partial charge on any atom is -0.392 e. The van der Waals surface area contributed by atoms with Gasteiger partial charge in [-0.3, -0.25) is 4.99 Å². The van der Waals surface area contributed by atoms with Gasteiger partial charge in [0.1, 0.15) is 0 Å². The molecular formula is C15H28N2O. The second kappa shape index (κ2) is 9.29. The van der Waals surface area contributed by atoms with Gasteiger partial charge in [0, 0.05) is 31.8 Å². The van der Waals surface area contributed by atoms with Crippen LogP contribution < -0.4 is 0 Å². The summed E-state index contributed by atoms with van der Waals surface area (Å²) in [5, 5.41) is 9.70. The molecule has 0 spiro atoms. The Labute approximate surface area is 112 Å². The van der Waals surface area contributed by atoms with Crippen LogP contribution in [0.5, 0.6) is 0 Å². The number of rotatable bonds is 7. The average Bonchev–Trinajstić information content (AvgIpc) is 2.36. The van der Waals surface area contributed by atoms with Crippen LogP contribution in [0, 0.1) is 5.92 Å². The second-order valence-corrected chi connectivity index (χ2v) is 5.11. The van der Waals surface area contributed by atoms with Crippen molar-refractivity contribution in [2.75, 3.05) is 26.2 Å². The molecule has 0 radical (unpaired) electrons. The van der Waals surface area contributed by atoms with Crippen molar-refractivity contribution < 1.29 is 5.11 Å². The summed E-state index contributed by atoms with van der Waals surface area (Å²) in [5.74, 6) is 0.520. The molecule has 0 aromatic rings. The molecule has 0 aliphatic carbocycles. The largest absolute Gasteiger partial charge is 0.392 e. The lowest BCUT2D eigenvalue weighted by atomic mass is 10.0. The summed E-state index contributed by atoms with van der Waals surface area (Å²) in [6, 6.07) is 0. The third-order valence-corrected chi connectivity index (χ3v) is 3.41. The second-order valence-electron chi connectivity index (χ2n) is 5.11. The summed E-state index contributed by atoms with van der Waals surface area (Å²) in [7, 11) is 0. The Morgan fingerprint density at radius 3 is 3.00 bits per heavy atom. The fourth-order valence-corrected chi connectivity index (χ4v) is 2.47. The average molecular weight is 252 g/mol. The van der Waals surface area contributed by atoms with Crippen molar-refractivity contribution >= 4 is 6.21 Å². The molecule has 2 unspecified atom stereocenters. The van der Waals surface area contributed by atoms with Crippen molar-refractivity contribution in [3.63, 3.8) is 0 Å². The zero-order chi connectivity index (χ0) is 13.2. The molecule has 1 aliphatic rings. The van der Waals surface area contributed by atoms with E-state index in [2.05, 4.69) is 42.1 Å². The number of aliphatic imine (C=N–C) groups is 1. The lowest BCUT2D eigenvalue weighted by Gasteiger charge is -2.32. The SMILES string of the molecule is C/C=C/CCC(C=NCC)CN1CCCC(O)C1. The fourth-order valence-electron chi connectivity index (χ4n) is 2.47. The molecule has 0 aromatic carbocycles. The Kier molecular flexibility index (Phi) is 7.94. The number of aliphatic hydroxyl groups excluding tert-OH is 1. The minimum atomic E-state index is -0.127. The van der Waals surface area contributed by atoms with Crippen molar-refractivity contribution in [1.29, 1.82) is 0 Å². The summed E-state index contributed by atoms with van der Waals surface area (Å²) in [5.41, 5.74) is 0. The maximum atomic E-state index is 9.70. The van der Waals surface area contributed by atoms with Gasteiger partial charge in [-0.25, -0.2) is 0 Å². The van der Waals surface area contributed by atoms with E-state index in [4.69, 9.17) is 0 Å². The molecule has 104 valence electrons. The van der Waals surface area contributed by atoms with E-state index in [0.717, 1.165) is 51.9 Å². The van der Waals surface area contributed by atoms with Crippen molar-refractivity contribution in [2.45, 2.75) is 45.6 Å². The molecule has 1 saturated heterocycles. The summed E-state index contributed by atoms with van der Waals surface area (Å²) in [6.07, 6.45) is 10.7. The van der Waals surface area contributed by atoms with Gasteiger partial charge in [-0.05, 0) is 46.1 Å². The van der Waals surface area contributed by atoms with E-state index < -0.39 is 0 Å². The minimum absolute atomic E-state index is 0.127. The van der Waals surface area contributed by atoms with E-state index in [-0.39, 0.29) is 6.10 Å². The first-order valence-corrected chi connectivity index (χ1v) is 7.27. The molecule has 0 saturated carbocycles. The van der Waals surface area contributed by atoms with E-state index in [1.54, 1.807) is 0 Å². The molecular weight excluding hydrogens is 224 g/mol. The molecule has 2 atom stereocenters. The first kappa shape index (κ1) is 15.4. The van der Waals surface area contributed by atoms with Gasteiger partial charge in [-0.2, -0.15) is 0 Å². The normalized spacial score (nSPS) is 24.1. The van der Waals surface area contributed by atoms with E-state index in [1.807, 2.05) is 0 Å². The third kappa shape index (κ3) is 6.31. The quantitative estimate of drug-likeness (QED) is 0.558. The van der Waals surface area contributed by atoms with Gasteiger partial charge >= 0.3 is 0 Å². The highest BCUT2D eigenvalue weighted by atomic mass is 16.3. The van der Waals surface area contributed by atoms with E-state index in [1.165, 1.54) is 0 Å². The summed E-state index contributed by atoms with van der Waals surface area (Å²) in [4.78, 5) is 6.78. The first-order chi connectivity index (χ1) is 8.76. The summed E-state index contributed by atoms with van der Waals surface area (Å²) >= 11 is 0. The maximum absolute atomic E-state index is 9.70. The molecule has 1 heterocycles. The lowest BCUT2D eigenvalue weighted by Crippen LogP contribution is -2.41. The lowest BCUT2D eigenvalue weighted by molar-refractivity contribution is 0.0664. The van der Waals surface area contributed by atoms with Crippen LogP contribution in [-0.4, -0.2) is 48.5 Å². The molecule has 18 heavy (non-hydrogen) atoms. The van der Waals surface area contributed by atoms with Crippen molar-refractivity contribution in [3.8, 4) is 0 Å². The predicted molar refractivity (Wildman–Crippen MR) is 78.3 cm³/mol. The van der Waals surface area contributed by atoms with Crippen molar-refractivity contribution in [1.82, 2.24) is 4.90 Å². The molecule has 0 amide bonds. The number of piperidine rings is 1. The van der Waals surface area contributed by atoms with E-state index >= 15 is 0 Å². The van der Waals surface area contributed by atoms with Gasteiger partial charge in [-0.1, -0.05) is 12.2 Å². The summed E-state index contributed by atoms with van der Waals surface area (Å²) < 4.78 is 0. The number of allylic oxidation sites excluding steroid dienone is 2. The number of hydrogen-bond donors (Lipinski definition) is 1. The monoisotopic (exact) mass is 252 g/mol. The molecule has 1 fully saturated rings. The molecule has 1 aliphatic heterocycles. The molecule has 0 aromatic heterocycles. The van der Waals surface area contributed by atoms with Crippen LogP contribution in [0.3, 0.4) is 0 Å². The standard InChI is InChI=1S/C15H28N2O/c1-3-5-6-8-14(11-16-4-2)12-17-10-7-9-15(18)13-17/h3,5,11,14-15,18H,4,6-10,12-13H2,1-2H3/b5-3+,16-11?. The smallest absolute Gasteiger partial charge is 0.0667 e. The zero-order valence-corrected chi connectivity index (χ0v) is 11.9. The highest BCUT2D eigenvalue weighted by molar-refractivity contribution is 5.61. The summed E-state index contributed by atoms with van der Waals surface area (Å²) in [6.45, 7) is 8.00. The number of nitrogens with zero attached hydrogens (tertiary/aromatic N) is 2. The van der Waals surface area contributed by atoms with Crippen molar-refractivity contribution in [3.05, 3.63) is 12.2 Å². The van der Waals surface area contributed by atoms with Crippen LogP contribution in [0.25, 0.3) is 0 Å². The van der Waals surface area contributed by atoms with Gasteiger partial charge < -0.3 is 10.0 Å². The molecule has 3 heteroatoms. The Morgan fingerprint density at radius 2 is 2.33 bits per heavy atom. The van der Waals surface area contributed by atoms with Crippen LogP contribution in [0.15, 0.2) is 17.1 Å². The number of likely N-dealkylation sites (tertiary alicyclic amines) is 1. The van der Waals surface area contributed by atoms with Gasteiger partial charge in [0.2, 0.25) is 0 Å². The van der Waals surface area contributed by atoms with Crippen LogP contribution in [0.4, 0.5) is 0 Å². The molecule has 1 N–H and O–H groups in total. The van der Waals surface area contributed by atoms with Gasteiger partial charge in [0.25, 0.3) is 0 Å². The number of β-amino-alcohol motifs (C(OH)–C–C–N with tert-alkyl or cyclic N) is 1. The van der Waals surface area contributed by atoms with Gasteiger partial charge in [0.05, 0.1) is 6.10 Å². The van der Waals surface area contributed by atoms with Crippen LogP contribution in [-0.2, 0) is 0 Å². The topological polar surface area (TPSA) is 35.8 Å². The van der Waals surface area contributed by atoms with Crippen LogP contribution in [0.1, 0.15) is 39.5 Å². The Balaban J connectivity index is 2.40. The zero-order valence-electron chi connectivity index (χ0n) is 11.9. The fraction of sp³-hybridized carbons (Fsp3) is 0.800. The van der Waals surface area contributed by atoms with Crippen molar-refractivity contribution in [2.24, 2.45) is 10.9 Å². The van der Waals surface area contributed by atoms with Gasteiger partial charge in [-0.15, -0.1) is 0 Å². The molecule has 0 bridgehead atoms. The number of aliphatic hydroxyl groups is 1. The highest BCUT2D eigenvalue weighted by Gasteiger charge is 2.19. The van der Waals surface area contributed by atoms with Gasteiger partial charge in [0.15, 0.2) is 0 Å². The first-order valence-electron chi connectivity index (χ1n) is 7.27. The molecule has 1 rings (SSSR count). The third-order valence-electron chi connectivity index (χ3n) is 3.41. The van der Waals surface area contributed by atoms with E-state index in [0.29, 0.717) is 5.92 Å². The van der Waals surface area contributed by atoms with Crippen LogP contribution in [0.2, 0.25) is 0 Å². The Bertz CT molecular complexity index is 263. The van der Waals surface area contributed by atoms with Crippen LogP contribution >= 0.6 is 0 Å². The Hall–Kier alpha value is -0.670. The predicted octanol–water partition coefficient (Wildman–Crippen LogP) is 2.51. The highest BCUT2D eigenvalue weighted by Crippen LogP contribution is 2.14.